The highest BCUT2D eigenvalue weighted by atomic mass is 32.2. The van der Waals surface area contributed by atoms with Crippen LogP contribution in [0.3, 0.4) is 0 Å². The third kappa shape index (κ3) is 5.45. The van der Waals surface area contributed by atoms with Crippen molar-refractivity contribution in [2.24, 2.45) is 0 Å². The molecule has 0 spiro atoms. The molecule has 6 nitrogen and oxygen atoms in total. The van der Waals surface area contributed by atoms with Gasteiger partial charge in [-0.3, -0.25) is 4.79 Å². The van der Waals surface area contributed by atoms with Crippen LogP contribution >= 0.6 is 0 Å². The van der Waals surface area contributed by atoms with Crippen molar-refractivity contribution in [2.75, 3.05) is 18.4 Å². The quantitative estimate of drug-likeness (QED) is 0.675. The summed E-state index contributed by atoms with van der Waals surface area (Å²) in [4.78, 5) is 12.0. The van der Waals surface area contributed by atoms with Crippen LogP contribution in [0.1, 0.15) is 27.2 Å². The molecule has 118 valence electrons. The lowest BCUT2D eigenvalue weighted by molar-refractivity contribution is -0.115. The summed E-state index contributed by atoms with van der Waals surface area (Å²) in [5.41, 5.74) is 0.286. The zero-order valence-electron chi connectivity index (χ0n) is 12.6. The summed E-state index contributed by atoms with van der Waals surface area (Å²) in [6.45, 7) is 6.14. The molecule has 1 aromatic rings. The van der Waals surface area contributed by atoms with Crippen LogP contribution in [-0.2, 0) is 14.8 Å². The highest BCUT2D eigenvalue weighted by Gasteiger charge is 2.18. The highest BCUT2D eigenvalue weighted by Crippen LogP contribution is 2.20. The molecule has 0 aliphatic rings. The molecular formula is C14H23N3O3S. The Morgan fingerprint density at radius 3 is 2.52 bits per heavy atom. The molecule has 7 heteroatoms. The van der Waals surface area contributed by atoms with Crippen molar-refractivity contribution in [2.45, 2.75) is 38.1 Å². The molecule has 0 saturated carbocycles. The summed E-state index contributed by atoms with van der Waals surface area (Å²) in [5.74, 6) is -0.269. The minimum Gasteiger partial charge on any atom is -0.324 e. The van der Waals surface area contributed by atoms with Gasteiger partial charge in [0.15, 0.2) is 0 Å². The molecule has 0 heterocycles. The molecule has 3 N–H and O–H groups in total. The van der Waals surface area contributed by atoms with E-state index in [1.807, 2.05) is 13.8 Å². The van der Waals surface area contributed by atoms with E-state index in [2.05, 4.69) is 15.4 Å². The first-order valence-electron chi connectivity index (χ1n) is 7.02. The monoisotopic (exact) mass is 313 g/mol. The third-order valence-corrected chi connectivity index (χ3v) is 4.61. The van der Waals surface area contributed by atoms with Crippen molar-refractivity contribution in [1.82, 2.24) is 10.0 Å². The maximum Gasteiger partial charge on any atom is 0.242 e. The molecule has 1 aromatic carbocycles. The van der Waals surface area contributed by atoms with Crippen molar-refractivity contribution < 1.29 is 13.2 Å². The molecule has 0 saturated heterocycles. The average Bonchev–Trinajstić information content (AvgIpc) is 2.45. The number of rotatable bonds is 8. The Bertz CT molecular complexity index is 573. The zero-order chi connectivity index (χ0) is 15.9. The van der Waals surface area contributed by atoms with Gasteiger partial charge in [0.1, 0.15) is 4.90 Å². The number of anilines is 1. The van der Waals surface area contributed by atoms with Crippen molar-refractivity contribution >= 4 is 21.6 Å². The fourth-order valence-corrected chi connectivity index (χ4v) is 2.88. The molecule has 0 fully saturated rings. The van der Waals surface area contributed by atoms with Gasteiger partial charge < -0.3 is 10.6 Å². The Morgan fingerprint density at radius 1 is 1.24 bits per heavy atom. The summed E-state index contributed by atoms with van der Waals surface area (Å²) < 4.78 is 26.6. The van der Waals surface area contributed by atoms with E-state index in [1.165, 1.54) is 6.07 Å². The maximum atomic E-state index is 12.1. The van der Waals surface area contributed by atoms with Crippen molar-refractivity contribution in [3.63, 3.8) is 0 Å². The smallest absolute Gasteiger partial charge is 0.242 e. The van der Waals surface area contributed by atoms with Crippen LogP contribution < -0.4 is 15.4 Å². The normalized spacial score (nSPS) is 12.9. The largest absolute Gasteiger partial charge is 0.324 e. The fraction of sp³-hybridized carbons (Fsp3) is 0.500. The van der Waals surface area contributed by atoms with E-state index in [-0.39, 0.29) is 29.1 Å². The number of hydrogen-bond donors (Lipinski definition) is 3. The Morgan fingerprint density at radius 2 is 1.90 bits per heavy atom. The summed E-state index contributed by atoms with van der Waals surface area (Å²) in [7, 11) is -3.61. The fourth-order valence-electron chi connectivity index (χ4n) is 1.68. The Balaban J connectivity index is 2.83. The van der Waals surface area contributed by atoms with E-state index in [9.17, 15) is 13.2 Å². The van der Waals surface area contributed by atoms with Crippen molar-refractivity contribution in [1.29, 1.82) is 0 Å². The predicted octanol–water partition coefficient (Wildman–Crippen LogP) is 1.31. The van der Waals surface area contributed by atoms with Gasteiger partial charge in [0.05, 0.1) is 12.2 Å². The van der Waals surface area contributed by atoms with Gasteiger partial charge in [-0.2, -0.15) is 0 Å². The standard InChI is InChI=1S/C14H23N3O3S/c1-4-11(3)15-10-14(18)17-12-8-6-7-9-13(12)21(19,20)16-5-2/h6-9,11,15-16H,4-5,10H2,1-3H3,(H,17,18). The number of sulfonamides is 1. The number of nitrogens with one attached hydrogen (secondary N) is 3. The van der Waals surface area contributed by atoms with Crippen molar-refractivity contribution in [3.05, 3.63) is 24.3 Å². The van der Waals surface area contributed by atoms with Gasteiger partial charge in [0, 0.05) is 12.6 Å². The van der Waals surface area contributed by atoms with Crippen LogP contribution in [-0.4, -0.2) is 33.5 Å². The molecule has 0 aliphatic heterocycles. The van der Waals surface area contributed by atoms with Crippen LogP contribution in [0.15, 0.2) is 29.2 Å². The van der Waals surface area contributed by atoms with E-state index in [1.54, 1.807) is 25.1 Å². The van der Waals surface area contributed by atoms with Gasteiger partial charge in [-0.15, -0.1) is 0 Å². The van der Waals surface area contributed by atoms with Gasteiger partial charge in [0.25, 0.3) is 0 Å². The summed E-state index contributed by atoms with van der Waals surface area (Å²) in [6.07, 6.45) is 0.915. The predicted molar refractivity (Wildman–Crippen MR) is 83.7 cm³/mol. The Kier molecular flexibility index (Phi) is 6.80. The second kappa shape index (κ2) is 8.11. The van der Waals surface area contributed by atoms with Crippen LogP contribution in [0.2, 0.25) is 0 Å². The van der Waals surface area contributed by atoms with Gasteiger partial charge in [-0.25, -0.2) is 13.1 Å². The second-order valence-electron chi connectivity index (χ2n) is 4.74. The van der Waals surface area contributed by atoms with Crippen LogP contribution in [0.4, 0.5) is 5.69 Å². The second-order valence-corrected chi connectivity index (χ2v) is 6.47. The maximum absolute atomic E-state index is 12.1. The zero-order valence-corrected chi connectivity index (χ0v) is 13.5. The van der Waals surface area contributed by atoms with Gasteiger partial charge >= 0.3 is 0 Å². The van der Waals surface area contributed by atoms with E-state index in [4.69, 9.17) is 0 Å². The lowest BCUT2D eigenvalue weighted by Gasteiger charge is -2.14. The number of para-hydroxylation sites is 1. The SMILES string of the molecule is CCNS(=O)(=O)c1ccccc1NC(=O)CNC(C)CC. The van der Waals surface area contributed by atoms with Crippen LogP contribution in [0.25, 0.3) is 0 Å². The Hall–Kier alpha value is -1.44. The molecule has 0 bridgehead atoms. The topological polar surface area (TPSA) is 87.3 Å². The van der Waals surface area contributed by atoms with Crippen LogP contribution in [0.5, 0.6) is 0 Å². The molecule has 0 aliphatic carbocycles. The number of benzene rings is 1. The summed E-state index contributed by atoms with van der Waals surface area (Å²) in [6, 6.07) is 6.58. The number of carbonyl (C=O) groups excluding carboxylic acids is 1. The first kappa shape index (κ1) is 17.6. The van der Waals surface area contributed by atoms with E-state index < -0.39 is 10.0 Å². The molecule has 1 amide bonds. The van der Waals surface area contributed by atoms with Gasteiger partial charge in [-0.1, -0.05) is 26.0 Å². The van der Waals surface area contributed by atoms with Crippen LogP contribution in [0, 0.1) is 0 Å². The highest BCUT2D eigenvalue weighted by molar-refractivity contribution is 7.89. The van der Waals surface area contributed by atoms with E-state index in [0.29, 0.717) is 6.54 Å². The average molecular weight is 313 g/mol. The van der Waals surface area contributed by atoms with E-state index in [0.717, 1.165) is 6.42 Å². The minimum absolute atomic E-state index is 0.0729. The minimum atomic E-state index is -3.61. The molecule has 1 unspecified atom stereocenters. The number of carbonyl (C=O) groups is 1. The molecule has 1 rings (SSSR count). The summed E-state index contributed by atoms with van der Waals surface area (Å²) in [5, 5.41) is 5.69. The third-order valence-electron chi connectivity index (χ3n) is 3.01. The van der Waals surface area contributed by atoms with Gasteiger partial charge in [-0.05, 0) is 25.5 Å². The van der Waals surface area contributed by atoms with E-state index >= 15 is 0 Å². The molecule has 21 heavy (non-hydrogen) atoms. The lowest BCUT2D eigenvalue weighted by Crippen LogP contribution is -2.34. The van der Waals surface area contributed by atoms with Gasteiger partial charge in [0.2, 0.25) is 15.9 Å². The number of amides is 1. The molecule has 0 aromatic heterocycles. The number of hydrogen-bond acceptors (Lipinski definition) is 4. The first-order valence-corrected chi connectivity index (χ1v) is 8.51. The molecule has 0 radical (unpaired) electrons. The molecular weight excluding hydrogens is 290 g/mol. The molecule has 1 atom stereocenters. The first-order chi connectivity index (χ1) is 9.90. The Labute approximate surface area is 126 Å². The summed E-state index contributed by atoms with van der Waals surface area (Å²) >= 11 is 0. The lowest BCUT2D eigenvalue weighted by atomic mass is 10.2. The van der Waals surface area contributed by atoms with Crippen molar-refractivity contribution in [3.8, 4) is 0 Å².